The van der Waals surface area contributed by atoms with Gasteiger partial charge >= 0.3 is 6.36 Å². The van der Waals surface area contributed by atoms with Crippen molar-refractivity contribution in [3.63, 3.8) is 0 Å². The molecule has 1 aliphatic heterocycles. The lowest BCUT2D eigenvalue weighted by atomic mass is 10.0. The van der Waals surface area contributed by atoms with Crippen LogP contribution in [0.15, 0.2) is 24.3 Å². The molecule has 1 aromatic carbocycles. The average molecular weight is 246 g/mol. The largest absolute Gasteiger partial charge is 0.573 e. The van der Waals surface area contributed by atoms with Crippen LogP contribution in [-0.2, 0) is 0 Å². The van der Waals surface area contributed by atoms with E-state index in [9.17, 15) is 13.2 Å². The van der Waals surface area contributed by atoms with Crippen LogP contribution < -0.4 is 15.4 Å². The molecule has 0 aliphatic carbocycles. The van der Waals surface area contributed by atoms with Gasteiger partial charge in [0.15, 0.2) is 0 Å². The van der Waals surface area contributed by atoms with E-state index in [1.165, 1.54) is 12.1 Å². The first-order valence-electron chi connectivity index (χ1n) is 5.35. The lowest BCUT2D eigenvalue weighted by Crippen LogP contribution is -2.42. The molecule has 1 saturated heterocycles. The lowest BCUT2D eigenvalue weighted by molar-refractivity contribution is -0.275. The fourth-order valence-electron chi connectivity index (χ4n) is 1.86. The van der Waals surface area contributed by atoms with Crippen LogP contribution >= 0.6 is 0 Å². The summed E-state index contributed by atoms with van der Waals surface area (Å²) >= 11 is 0. The molecular weight excluding hydrogens is 233 g/mol. The minimum atomic E-state index is -4.65. The second kappa shape index (κ2) is 4.93. The summed E-state index contributed by atoms with van der Waals surface area (Å²) in [6.45, 7) is 2.14. The number of benzene rings is 1. The van der Waals surface area contributed by atoms with Crippen LogP contribution in [0.4, 0.5) is 13.2 Å². The third-order valence-electron chi connectivity index (χ3n) is 2.56. The number of rotatable bonds is 2. The van der Waals surface area contributed by atoms with Crippen LogP contribution in [0.25, 0.3) is 0 Å². The molecule has 1 fully saturated rings. The van der Waals surface area contributed by atoms with Crippen LogP contribution in [0.5, 0.6) is 5.75 Å². The van der Waals surface area contributed by atoms with Crippen molar-refractivity contribution in [1.29, 1.82) is 0 Å². The van der Waals surface area contributed by atoms with E-state index >= 15 is 0 Å². The van der Waals surface area contributed by atoms with Gasteiger partial charge in [0.1, 0.15) is 5.75 Å². The number of ether oxygens (including phenoxy) is 1. The monoisotopic (exact) mass is 246 g/mol. The second-order valence-corrected chi connectivity index (χ2v) is 3.80. The maximum atomic E-state index is 12.2. The highest BCUT2D eigenvalue weighted by Gasteiger charge is 2.33. The molecule has 0 saturated carbocycles. The van der Waals surface area contributed by atoms with Crippen molar-refractivity contribution in [3.05, 3.63) is 29.8 Å². The smallest absolute Gasteiger partial charge is 0.405 e. The Morgan fingerprint density at radius 3 is 2.59 bits per heavy atom. The average Bonchev–Trinajstić information content (AvgIpc) is 2.29. The molecule has 0 unspecified atom stereocenters. The maximum Gasteiger partial charge on any atom is 0.573 e. The van der Waals surface area contributed by atoms with Crippen molar-refractivity contribution in [1.82, 2.24) is 10.6 Å². The highest BCUT2D eigenvalue weighted by atomic mass is 19.4. The van der Waals surface area contributed by atoms with Crippen molar-refractivity contribution in [2.75, 3.05) is 19.6 Å². The molecule has 94 valence electrons. The van der Waals surface area contributed by atoms with Gasteiger partial charge in [-0.25, -0.2) is 0 Å². The number of alkyl halides is 3. The highest BCUT2D eigenvalue weighted by molar-refractivity contribution is 5.36. The third kappa shape index (κ3) is 3.34. The van der Waals surface area contributed by atoms with Gasteiger partial charge in [0.25, 0.3) is 0 Å². The molecule has 2 rings (SSSR count). The van der Waals surface area contributed by atoms with Crippen LogP contribution in [-0.4, -0.2) is 26.0 Å². The predicted octanol–water partition coefficient (Wildman–Crippen LogP) is 1.82. The van der Waals surface area contributed by atoms with E-state index in [0.29, 0.717) is 12.1 Å². The number of para-hydroxylation sites is 1. The van der Waals surface area contributed by atoms with Gasteiger partial charge in [0.2, 0.25) is 0 Å². The Kier molecular flexibility index (Phi) is 3.54. The van der Waals surface area contributed by atoms with Gasteiger partial charge in [0.05, 0.1) is 0 Å². The zero-order valence-electron chi connectivity index (χ0n) is 9.05. The van der Waals surface area contributed by atoms with E-state index in [-0.39, 0.29) is 11.8 Å². The molecular formula is C11H13F3N2O. The normalized spacial score (nSPS) is 21.2. The molecule has 0 aromatic heterocycles. The maximum absolute atomic E-state index is 12.2. The molecule has 6 heteroatoms. The molecule has 0 spiro atoms. The van der Waals surface area contributed by atoms with Crippen LogP contribution in [0, 0.1) is 0 Å². The molecule has 0 bridgehead atoms. The van der Waals surface area contributed by atoms with Crippen molar-refractivity contribution in [2.24, 2.45) is 0 Å². The SMILES string of the molecule is FC(F)(F)Oc1ccccc1[C@@H]1CNCCN1. The van der Waals surface area contributed by atoms with E-state index in [1.807, 2.05) is 0 Å². The summed E-state index contributed by atoms with van der Waals surface area (Å²) < 4.78 is 40.7. The Bertz CT molecular complexity index is 375. The molecule has 1 atom stereocenters. The minimum Gasteiger partial charge on any atom is -0.405 e. The minimum absolute atomic E-state index is 0.138. The Labute approximate surface area is 97.0 Å². The molecule has 3 nitrogen and oxygen atoms in total. The van der Waals surface area contributed by atoms with Crippen molar-refractivity contribution in [3.8, 4) is 5.75 Å². The second-order valence-electron chi connectivity index (χ2n) is 3.80. The molecule has 2 N–H and O–H groups in total. The van der Waals surface area contributed by atoms with Crippen molar-refractivity contribution in [2.45, 2.75) is 12.4 Å². The molecule has 17 heavy (non-hydrogen) atoms. The summed E-state index contributed by atoms with van der Waals surface area (Å²) in [4.78, 5) is 0. The Morgan fingerprint density at radius 1 is 1.18 bits per heavy atom. The number of piperazine rings is 1. The highest BCUT2D eigenvalue weighted by Crippen LogP contribution is 2.30. The number of halogens is 3. The van der Waals surface area contributed by atoms with Gasteiger partial charge < -0.3 is 15.4 Å². The first kappa shape index (κ1) is 12.2. The van der Waals surface area contributed by atoms with E-state index < -0.39 is 6.36 Å². The summed E-state index contributed by atoms with van der Waals surface area (Å²) in [6.07, 6.45) is -4.65. The van der Waals surface area contributed by atoms with Crippen LogP contribution in [0.1, 0.15) is 11.6 Å². The van der Waals surface area contributed by atoms with E-state index in [4.69, 9.17) is 0 Å². The van der Waals surface area contributed by atoms with E-state index in [1.54, 1.807) is 12.1 Å². The van der Waals surface area contributed by atoms with Crippen molar-refractivity contribution < 1.29 is 17.9 Å². The zero-order valence-corrected chi connectivity index (χ0v) is 9.05. The topological polar surface area (TPSA) is 33.3 Å². The summed E-state index contributed by atoms with van der Waals surface area (Å²) in [5.74, 6) is -0.138. The number of nitrogens with one attached hydrogen (secondary N) is 2. The number of hydrogen-bond acceptors (Lipinski definition) is 3. The Hall–Kier alpha value is -1.27. The fourth-order valence-corrected chi connectivity index (χ4v) is 1.86. The van der Waals surface area contributed by atoms with Gasteiger partial charge in [-0.2, -0.15) is 0 Å². The summed E-state index contributed by atoms with van der Waals surface area (Å²) in [5, 5.41) is 6.28. The van der Waals surface area contributed by atoms with Gasteiger partial charge in [-0.15, -0.1) is 13.2 Å². The quantitative estimate of drug-likeness (QED) is 0.835. The third-order valence-corrected chi connectivity index (χ3v) is 2.56. The first-order valence-corrected chi connectivity index (χ1v) is 5.35. The molecule has 0 amide bonds. The van der Waals surface area contributed by atoms with Gasteiger partial charge in [-0.3, -0.25) is 0 Å². The molecule has 1 heterocycles. The standard InChI is InChI=1S/C11H13F3N2O/c12-11(13,14)17-10-4-2-1-3-8(10)9-7-15-5-6-16-9/h1-4,9,15-16H,5-7H2/t9-/m0/s1. The molecule has 1 aliphatic rings. The van der Waals surface area contributed by atoms with Gasteiger partial charge in [-0.1, -0.05) is 18.2 Å². The van der Waals surface area contributed by atoms with Gasteiger partial charge in [-0.05, 0) is 6.07 Å². The summed E-state index contributed by atoms with van der Waals surface area (Å²) in [5.41, 5.74) is 0.525. The van der Waals surface area contributed by atoms with Gasteiger partial charge in [0, 0.05) is 31.2 Å². The zero-order chi connectivity index (χ0) is 12.3. The Morgan fingerprint density at radius 2 is 1.94 bits per heavy atom. The van der Waals surface area contributed by atoms with E-state index in [2.05, 4.69) is 15.4 Å². The van der Waals surface area contributed by atoms with Crippen LogP contribution in [0.3, 0.4) is 0 Å². The molecule has 0 radical (unpaired) electrons. The molecule has 1 aromatic rings. The van der Waals surface area contributed by atoms with Crippen LogP contribution in [0.2, 0.25) is 0 Å². The summed E-state index contributed by atoms with van der Waals surface area (Å²) in [7, 11) is 0. The predicted molar refractivity (Wildman–Crippen MR) is 56.7 cm³/mol. The van der Waals surface area contributed by atoms with Crippen molar-refractivity contribution >= 4 is 0 Å². The first-order chi connectivity index (χ1) is 8.06. The fraction of sp³-hybridized carbons (Fsp3) is 0.455. The number of hydrogen-bond donors (Lipinski definition) is 2. The van der Waals surface area contributed by atoms with E-state index in [0.717, 1.165) is 13.1 Å². The summed E-state index contributed by atoms with van der Waals surface area (Å²) in [6, 6.07) is 6.06. The lowest BCUT2D eigenvalue weighted by Gasteiger charge is -2.26. The Balaban J connectivity index is 2.20.